The van der Waals surface area contributed by atoms with Crippen molar-refractivity contribution < 1.29 is 19.1 Å². The van der Waals surface area contributed by atoms with E-state index >= 15 is 0 Å². The molecule has 3 rings (SSSR count). The van der Waals surface area contributed by atoms with Crippen LogP contribution in [0, 0.1) is 0 Å². The Morgan fingerprint density at radius 2 is 1.96 bits per heavy atom. The van der Waals surface area contributed by atoms with E-state index in [1.807, 2.05) is 0 Å². The predicted octanol–water partition coefficient (Wildman–Crippen LogP) is 2.25. The molecule has 0 aromatic heterocycles. The van der Waals surface area contributed by atoms with E-state index in [2.05, 4.69) is 10.2 Å². The summed E-state index contributed by atoms with van der Waals surface area (Å²) in [5.74, 6) is -1.15. The van der Waals surface area contributed by atoms with Crippen LogP contribution in [0.3, 0.4) is 0 Å². The number of hydrogen-bond donors (Lipinski definition) is 1. The number of rotatable bonds is 5. The largest absolute Gasteiger partial charge is 0.491 e. The van der Waals surface area contributed by atoms with Crippen LogP contribution in [0.4, 0.5) is 5.69 Å². The Morgan fingerprint density at radius 3 is 2.68 bits per heavy atom. The number of piperidine rings is 1. The maximum atomic E-state index is 12.3. The second kappa shape index (κ2) is 7.61. The lowest BCUT2D eigenvalue weighted by atomic mass is 9.92. The number of ether oxygens (including phenoxy) is 1. The van der Waals surface area contributed by atoms with Crippen molar-refractivity contribution in [3.8, 4) is 0 Å². The van der Waals surface area contributed by atoms with Gasteiger partial charge in [-0.2, -0.15) is 0 Å². The van der Waals surface area contributed by atoms with E-state index in [-0.39, 0.29) is 11.5 Å². The van der Waals surface area contributed by atoms with Crippen molar-refractivity contribution >= 4 is 28.9 Å². The van der Waals surface area contributed by atoms with Crippen LogP contribution in [-0.4, -0.2) is 48.6 Å². The fourth-order valence-corrected chi connectivity index (χ4v) is 3.27. The molecule has 1 aromatic carbocycles. The van der Waals surface area contributed by atoms with Gasteiger partial charge < -0.3 is 10.1 Å². The molecule has 132 valence electrons. The average molecular weight is 342 g/mol. The Kier molecular flexibility index (Phi) is 5.28. The van der Waals surface area contributed by atoms with Crippen molar-refractivity contribution in [2.24, 2.45) is 0 Å². The highest BCUT2D eigenvalue weighted by Gasteiger charge is 2.29. The molecule has 1 aliphatic carbocycles. The molecule has 0 radical (unpaired) electrons. The van der Waals surface area contributed by atoms with Crippen molar-refractivity contribution in [1.82, 2.24) is 4.90 Å². The van der Waals surface area contributed by atoms with Gasteiger partial charge >= 0.3 is 0 Å². The minimum atomic E-state index is -0.627. The minimum Gasteiger partial charge on any atom is -0.491 e. The summed E-state index contributed by atoms with van der Waals surface area (Å²) in [4.78, 5) is 38.0. The predicted molar refractivity (Wildman–Crippen MR) is 94.3 cm³/mol. The van der Waals surface area contributed by atoms with E-state index in [9.17, 15) is 14.4 Å². The van der Waals surface area contributed by atoms with Crippen LogP contribution in [0.2, 0.25) is 0 Å². The zero-order chi connectivity index (χ0) is 17.8. The van der Waals surface area contributed by atoms with E-state index in [1.54, 1.807) is 18.2 Å². The van der Waals surface area contributed by atoms with Gasteiger partial charge in [-0.15, -0.1) is 0 Å². The highest BCUT2D eigenvalue weighted by atomic mass is 16.5. The smallest absolute Gasteiger partial charge is 0.235 e. The first-order valence-electron chi connectivity index (χ1n) is 8.63. The van der Waals surface area contributed by atoms with Crippen molar-refractivity contribution in [3.05, 3.63) is 35.4 Å². The summed E-state index contributed by atoms with van der Waals surface area (Å²) < 4.78 is 5.82. The normalized spacial score (nSPS) is 17.7. The number of nitrogens with zero attached hydrogens (tertiary/aromatic N) is 1. The van der Waals surface area contributed by atoms with Gasteiger partial charge in [0.15, 0.2) is 0 Å². The molecule has 25 heavy (non-hydrogen) atoms. The Bertz CT molecular complexity index is 733. The summed E-state index contributed by atoms with van der Waals surface area (Å²) in [6.07, 6.45) is 4.94. The van der Waals surface area contributed by atoms with Crippen LogP contribution >= 0.6 is 0 Å². The maximum absolute atomic E-state index is 12.3. The van der Waals surface area contributed by atoms with Gasteiger partial charge in [-0.1, -0.05) is 18.6 Å². The topological polar surface area (TPSA) is 75.7 Å². The van der Waals surface area contributed by atoms with Crippen molar-refractivity contribution in [2.75, 3.05) is 31.6 Å². The molecule has 0 atom stereocenters. The van der Waals surface area contributed by atoms with Crippen LogP contribution < -0.4 is 5.32 Å². The monoisotopic (exact) mass is 342 g/mol. The van der Waals surface area contributed by atoms with E-state index in [1.165, 1.54) is 32.3 Å². The fourth-order valence-electron chi connectivity index (χ4n) is 3.27. The molecular weight excluding hydrogens is 320 g/mol. The SMILES string of the molecule is CC(=O)Nc1cccc2c1C(=O)C(=O)C=C2OCCN1CCCCC1. The number of anilines is 1. The summed E-state index contributed by atoms with van der Waals surface area (Å²) in [7, 11) is 0. The standard InChI is InChI=1S/C19H22N2O4/c1-13(22)20-15-7-5-6-14-17(12-16(23)19(24)18(14)15)25-11-10-21-8-3-2-4-9-21/h5-7,12H,2-4,8-11H2,1H3,(H,20,22). The van der Waals surface area contributed by atoms with E-state index in [4.69, 9.17) is 4.74 Å². The Labute approximate surface area is 146 Å². The molecule has 1 amide bonds. The summed E-state index contributed by atoms with van der Waals surface area (Å²) in [5, 5.41) is 2.61. The number of hydrogen-bond acceptors (Lipinski definition) is 5. The van der Waals surface area contributed by atoms with Crippen molar-refractivity contribution in [2.45, 2.75) is 26.2 Å². The Balaban J connectivity index is 1.77. The van der Waals surface area contributed by atoms with Crippen molar-refractivity contribution in [3.63, 3.8) is 0 Å². The number of allylic oxidation sites excluding steroid dienone is 1. The molecule has 0 saturated carbocycles. The number of likely N-dealkylation sites (tertiary alicyclic amines) is 1. The van der Waals surface area contributed by atoms with Gasteiger partial charge in [0.25, 0.3) is 0 Å². The van der Waals surface area contributed by atoms with Gasteiger partial charge in [-0.3, -0.25) is 19.3 Å². The van der Waals surface area contributed by atoms with Crippen molar-refractivity contribution in [1.29, 1.82) is 0 Å². The third-order valence-corrected chi connectivity index (χ3v) is 4.47. The molecule has 1 N–H and O–H groups in total. The van der Waals surface area contributed by atoms with Crippen LogP contribution in [-0.2, 0) is 14.3 Å². The quantitative estimate of drug-likeness (QED) is 0.831. The van der Waals surface area contributed by atoms with Gasteiger partial charge in [0.2, 0.25) is 17.5 Å². The summed E-state index contributed by atoms with van der Waals surface area (Å²) in [5.41, 5.74) is 1.10. The van der Waals surface area contributed by atoms with Crippen LogP contribution in [0.1, 0.15) is 42.1 Å². The summed E-state index contributed by atoms with van der Waals surface area (Å²) >= 11 is 0. The lowest BCUT2D eigenvalue weighted by molar-refractivity contribution is -0.114. The summed E-state index contributed by atoms with van der Waals surface area (Å²) in [6.45, 7) is 4.75. The number of carbonyl (C=O) groups is 3. The molecule has 2 aliphatic rings. The molecule has 0 unspecified atom stereocenters. The number of carbonyl (C=O) groups excluding carboxylic acids is 3. The van der Waals surface area contributed by atoms with Gasteiger partial charge in [0, 0.05) is 25.1 Å². The van der Waals surface area contributed by atoms with Gasteiger partial charge in [0.1, 0.15) is 12.4 Å². The molecule has 1 aromatic rings. The molecule has 0 bridgehead atoms. The molecule has 1 heterocycles. The van der Waals surface area contributed by atoms with Crippen LogP contribution in [0.5, 0.6) is 0 Å². The zero-order valence-electron chi connectivity index (χ0n) is 14.3. The van der Waals surface area contributed by atoms with E-state index in [0.29, 0.717) is 23.6 Å². The number of nitrogens with one attached hydrogen (secondary N) is 1. The first-order chi connectivity index (χ1) is 12.1. The van der Waals surface area contributed by atoms with Gasteiger partial charge in [-0.25, -0.2) is 0 Å². The minimum absolute atomic E-state index is 0.207. The molecule has 0 spiro atoms. The molecule has 1 fully saturated rings. The van der Waals surface area contributed by atoms with Crippen LogP contribution in [0.15, 0.2) is 24.3 Å². The van der Waals surface area contributed by atoms with Gasteiger partial charge in [0.05, 0.1) is 11.3 Å². The molecular formula is C19H22N2O4. The average Bonchev–Trinajstić information content (AvgIpc) is 2.59. The lowest BCUT2D eigenvalue weighted by Crippen LogP contribution is -2.32. The highest BCUT2D eigenvalue weighted by molar-refractivity contribution is 6.51. The molecule has 1 saturated heterocycles. The highest BCUT2D eigenvalue weighted by Crippen LogP contribution is 2.31. The number of benzene rings is 1. The first-order valence-corrected chi connectivity index (χ1v) is 8.63. The molecule has 1 aliphatic heterocycles. The maximum Gasteiger partial charge on any atom is 0.235 e. The second-order valence-electron chi connectivity index (χ2n) is 6.36. The molecule has 6 heteroatoms. The number of ketones is 2. The number of Topliss-reactive ketones (excluding diaryl/α,β-unsaturated/α-hetero) is 1. The second-order valence-corrected chi connectivity index (χ2v) is 6.36. The van der Waals surface area contributed by atoms with Crippen LogP contribution in [0.25, 0.3) is 5.76 Å². The molecule has 6 nitrogen and oxygen atoms in total. The zero-order valence-corrected chi connectivity index (χ0v) is 14.3. The van der Waals surface area contributed by atoms with Gasteiger partial charge in [-0.05, 0) is 32.0 Å². The number of amides is 1. The lowest BCUT2D eigenvalue weighted by Gasteiger charge is -2.27. The summed E-state index contributed by atoms with van der Waals surface area (Å²) in [6, 6.07) is 5.08. The first kappa shape index (κ1) is 17.4. The third kappa shape index (κ3) is 3.96. The third-order valence-electron chi connectivity index (χ3n) is 4.47. The Morgan fingerprint density at radius 1 is 1.20 bits per heavy atom. The number of fused-ring (bicyclic) bond motifs is 1. The fraction of sp³-hybridized carbons (Fsp3) is 0.421. The van der Waals surface area contributed by atoms with E-state index < -0.39 is 11.6 Å². The van der Waals surface area contributed by atoms with E-state index in [0.717, 1.165) is 19.6 Å². The Hall–Kier alpha value is -2.47.